The first-order valence-corrected chi connectivity index (χ1v) is 10.9. The van der Waals surface area contributed by atoms with Gasteiger partial charge in [-0.3, -0.25) is 9.59 Å². The molecule has 0 spiro atoms. The third-order valence-electron chi connectivity index (χ3n) is 5.08. The molecule has 0 unspecified atom stereocenters. The van der Waals surface area contributed by atoms with Gasteiger partial charge in [0, 0.05) is 12.1 Å². The minimum atomic E-state index is -1.17. The van der Waals surface area contributed by atoms with E-state index in [1.807, 2.05) is 16.7 Å². The SMILES string of the molecule is CCCCc1nc(CC(=O)O)c(Cl)n1Cc1ccc(NC(=O)c2ccccc2C(=O)O)cc1. The molecule has 3 rings (SSSR count). The second-order valence-electron chi connectivity index (χ2n) is 7.53. The van der Waals surface area contributed by atoms with Gasteiger partial charge in [-0.1, -0.05) is 49.2 Å². The highest BCUT2D eigenvalue weighted by Gasteiger charge is 2.18. The average molecular weight is 470 g/mol. The van der Waals surface area contributed by atoms with Crippen LogP contribution in [-0.2, 0) is 24.2 Å². The van der Waals surface area contributed by atoms with Crippen LogP contribution < -0.4 is 5.32 Å². The topological polar surface area (TPSA) is 122 Å². The minimum Gasteiger partial charge on any atom is -0.481 e. The summed E-state index contributed by atoms with van der Waals surface area (Å²) in [6.07, 6.45) is 2.32. The van der Waals surface area contributed by atoms with Gasteiger partial charge >= 0.3 is 11.9 Å². The third-order valence-corrected chi connectivity index (χ3v) is 5.50. The van der Waals surface area contributed by atoms with Crippen LogP contribution in [0.5, 0.6) is 0 Å². The van der Waals surface area contributed by atoms with E-state index >= 15 is 0 Å². The van der Waals surface area contributed by atoms with Crippen LogP contribution in [0.1, 0.15) is 57.6 Å². The number of unbranched alkanes of at least 4 members (excludes halogenated alkanes) is 1. The Morgan fingerprint density at radius 2 is 1.70 bits per heavy atom. The maximum absolute atomic E-state index is 12.5. The predicted octanol–water partition coefficient (Wildman–Crippen LogP) is 4.51. The largest absolute Gasteiger partial charge is 0.481 e. The smallest absolute Gasteiger partial charge is 0.336 e. The van der Waals surface area contributed by atoms with Crippen LogP contribution in [0.2, 0.25) is 5.15 Å². The van der Waals surface area contributed by atoms with Gasteiger partial charge < -0.3 is 20.1 Å². The first-order chi connectivity index (χ1) is 15.8. The van der Waals surface area contributed by atoms with Crippen molar-refractivity contribution in [2.75, 3.05) is 5.32 Å². The summed E-state index contributed by atoms with van der Waals surface area (Å²) in [6, 6.07) is 13.1. The predicted molar refractivity (Wildman–Crippen MR) is 124 cm³/mol. The normalized spacial score (nSPS) is 10.7. The molecule has 0 radical (unpaired) electrons. The van der Waals surface area contributed by atoms with Crippen LogP contribution in [0.4, 0.5) is 5.69 Å². The van der Waals surface area contributed by atoms with Crippen molar-refractivity contribution in [3.8, 4) is 0 Å². The maximum Gasteiger partial charge on any atom is 0.336 e. The summed E-state index contributed by atoms with van der Waals surface area (Å²) in [5, 5.41) is 21.4. The van der Waals surface area contributed by atoms with Gasteiger partial charge in [-0.15, -0.1) is 0 Å². The number of aromatic carboxylic acids is 1. The molecule has 9 heteroatoms. The van der Waals surface area contributed by atoms with E-state index in [1.54, 1.807) is 24.3 Å². The lowest BCUT2D eigenvalue weighted by Crippen LogP contribution is -2.16. The summed E-state index contributed by atoms with van der Waals surface area (Å²) in [4.78, 5) is 39.5. The third kappa shape index (κ3) is 5.98. The average Bonchev–Trinajstić information content (AvgIpc) is 3.07. The van der Waals surface area contributed by atoms with Crippen molar-refractivity contribution in [2.45, 2.75) is 39.2 Å². The van der Waals surface area contributed by atoms with Crippen LogP contribution in [0.15, 0.2) is 48.5 Å². The molecule has 2 aromatic carbocycles. The number of hydrogen-bond donors (Lipinski definition) is 3. The summed E-state index contributed by atoms with van der Waals surface area (Å²) in [6.45, 7) is 2.47. The Kier molecular flexibility index (Phi) is 7.84. The van der Waals surface area contributed by atoms with Gasteiger partial charge in [0.1, 0.15) is 11.0 Å². The van der Waals surface area contributed by atoms with Gasteiger partial charge in [0.15, 0.2) is 0 Å². The van der Waals surface area contributed by atoms with Crippen LogP contribution in [0.3, 0.4) is 0 Å². The highest BCUT2D eigenvalue weighted by atomic mass is 35.5. The van der Waals surface area contributed by atoms with Gasteiger partial charge in [-0.05, 0) is 36.2 Å². The fourth-order valence-electron chi connectivity index (χ4n) is 3.42. The molecular formula is C24H24ClN3O5. The van der Waals surface area contributed by atoms with Gasteiger partial charge in [0.25, 0.3) is 5.91 Å². The molecule has 0 aliphatic heterocycles. The zero-order valence-electron chi connectivity index (χ0n) is 18.0. The molecule has 0 bridgehead atoms. The summed E-state index contributed by atoms with van der Waals surface area (Å²) < 4.78 is 1.81. The quantitative estimate of drug-likeness (QED) is 0.401. The summed E-state index contributed by atoms with van der Waals surface area (Å²) in [7, 11) is 0. The van der Waals surface area contributed by atoms with Crippen LogP contribution in [0, 0.1) is 0 Å². The second kappa shape index (κ2) is 10.8. The maximum atomic E-state index is 12.5. The number of hydrogen-bond acceptors (Lipinski definition) is 4. The van der Waals surface area contributed by atoms with Crippen molar-refractivity contribution in [1.82, 2.24) is 9.55 Å². The van der Waals surface area contributed by atoms with E-state index in [4.69, 9.17) is 16.7 Å². The van der Waals surface area contributed by atoms with Crippen molar-refractivity contribution in [3.63, 3.8) is 0 Å². The number of amides is 1. The molecule has 1 aromatic heterocycles. The number of rotatable bonds is 10. The molecule has 1 heterocycles. The van der Waals surface area contributed by atoms with Crippen molar-refractivity contribution >= 4 is 35.1 Å². The highest BCUT2D eigenvalue weighted by Crippen LogP contribution is 2.23. The Morgan fingerprint density at radius 3 is 2.30 bits per heavy atom. The van der Waals surface area contributed by atoms with Gasteiger partial charge in [-0.25, -0.2) is 9.78 Å². The molecule has 1 amide bonds. The number of carboxylic acid groups (broad SMARTS) is 2. The van der Waals surface area contributed by atoms with Crippen molar-refractivity contribution in [3.05, 3.63) is 81.9 Å². The molecule has 172 valence electrons. The molecule has 3 aromatic rings. The van der Waals surface area contributed by atoms with E-state index in [0.29, 0.717) is 29.5 Å². The van der Waals surface area contributed by atoms with E-state index in [2.05, 4.69) is 17.2 Å². The van der Waals surface area contributed by atoms with E-state index in [-0.39, 0.29) is 17.5 Å². The molecule has 0 saturated carbocycles. The van der Waals surface area contributed by atoms with E-state index in [1.165, 1.54) is 12.1 Å². The Bertz CT molecular complexity index is 1170. The Labute approximate surface area is 195 Å². The van der Waals surface area contributed by atoms with Gasteiger partial charge in [0.05, 0.1) is 29.8 Å². The Morgan fingerprint density at radius 1 is 1.03 bits per heavy atom. The molecule has 33 heavy (non-hydrogen) atoms. The minimum absolute atomic E-state index is 0.0712. The number of aryl methyl sites for hydroxylation is 1. The number of aliphatic carboxylic acids is 1. The highest BCUT2D eigenvalue weighted by molar-refractivity contribution is 6.30. The number of nitrogens with one attached hydrogen (secondary N) is 1. The number of benzene rings is 2. The van der Waals surface area contributed by atoms with Crippen LogP contribution in [-0.4, -0.2) is 37.6 Å². The number of halogens is 1. The molecule has 3 N–H and O–H groups in total. The van der Waals surface area contributed by atoms with Crippen molar-refractivity contribution in [2.24, 2.45) is 0 Å². The van der Waals surface area contributed by atoms with Gasteiger partial charge in [0.2, 0.25) is 0 Å². The number of carbonyl (C=O) groups excluding carboxylic acids is 1. The summed E-state index contributed by atoms with van der Waals surface area (Å²) >= 11 is 6.44. The lowest BCUT2D eigenvalue weighted by Gasteiger charge is -2.11. The number of carbonyl (C=O) groups is 3. The van der Waals surface area contributed by atoms with Crippen LogP contribution in [0.25, 0.3) is 0 Å². The Hall–Kier alpha value is -3.65. The summed E-state index contributed by atoms with van der Waals surface area (Å²) in [5.74, 6) is -1.94. The summed E-state index contributed by atoms with van der Waals surface area (Å²) in [5.41, 5.74) is 1.75. The van der Waals surface area contributed by atoms with Crippen molar-refractivity contribution < 1.29 is 24.6 Å². The lowest BCUT2D eigenvalue weighted by atomic mass is 10.1. The number of nitrogens with zero attached hydrogens (tertiary/aromatic N) is 2. The lowest BCUT2D eigenvalue weighted by molar-refractivity contribution is -0.136. The molecular weight excluding hydrogens is 446 g/mol. The zero-order chi connectivity index (χ0) is 24.0. The van der Waals surface area contributed by atoms with Gasteiger partial charge in [-0.2, -0.15) is 0 Å². The van der Waals surface area contributed by atoms with E-state index in [9.17, 15) is 19.5 Å². The molecule has 0 fully saturated rings. The number of anilines is 1. The number of imidazole rings is 1. The monoisotopic (exact) mass is 469 g/mol. The molecule has 0 aliphatic carbocycles. The first kappa shape index (κ1) is 24.0. The zero-order valence-corrected chi connectivity index (χ0v) is 18.8. The molecule has 0 aliphatic rings. The standard InChI is InChI=1S/C24H24ClN3O5/c1-2-3-8-20-27-19(13-21(29)30)22(25)28(20)14-15-9-11-16(12-10-15)26-23(31)17-6-4-5-7-18(17)24(32)33/h4-7,9-12H,2-3,8,13-14H2,1H3,(H,26,31)(H,29,30)(H,32,33). The number of carboxylic acids is 2. The number of aromatic nitrogens is 2. The molecule has 8 nitrogen and oxygen atoms in total. The fraction of sp³-hybridized carbons (Fsp3) is 0.250. The van der Waals surface area contributed by atoms with Crippen molar-refractivity contribution in [1.29, 1.82) is 0 Å². The second-order valence-corrected chi connectivity index (χ2v) is 7.89. The first-order valence-electron chi connectivity index (χ1n) is 10.5. The molecule has 0 saturated heterocycles. The fourth-order valence-corrected chi connectivity index (χ4v) is 3.68. The van der Waals surface area contributed by atoms with E-state index in [0.717, 1.165) is 24.2 Å². The Balaban J connectivity index is 1.77. The molecule has 0 atom stereocenters. The van der Waals surface area contributed by atoms with E-state index < -0.39 is 17.8 Å². The van der Waals surface area contributed by atoms with Crippen LogP contribution >= 0.6 is 11.6 Å².